The Kier molecular flexibility index (Phi) is 5.20. The standard InChI is InChI=1S/C16H16ClNO3/c1-11-5-6-15(14(17)7-11)18-16(20)10-21-13-4-2-3-12(8-13)9-19/h2-8,19H,9-10H2,1H3,(H,18,20). The molecule has 0 aliphatic heterocycles. The van der Waals surface area contributed by atoms with Crippen LogP contribution in [0.15, 0.2) is 42.5 Å². The molecule has 0 fully saturated rings. The first-order valence-corrected chi connectivity index (χ1v) is 6.85. The maximum Gasteiger partial charge on any atom is 0.262 e. The number of halogens is 1. The van der Waals surface area contributed by atoms with Crippen LogP contribution in [0.2, 0.25) is 5.02 Å². The number of rotatable bonds is 5. The predicted octanol–water partition coefficient (Wildman–Crippen LogP) is 3.16. The molecule has 0 heterocycles. The van der Waals surface area contributed by atoms with Gasteiger partial charge in [0.2, 0.25) is 0 Å². The van der Waals surface area contributed by atoms with E-state index < -0.39 is 0 Å². The highest BCUT2D eigenvalue weighted by Gasteiger charge is 2.07. The van der Waals surface area contributed by atoms with Crippen LogP contribution in [0.4, 0.5) is 5.69 Å². The number of aryl methyl sites for hydroxylation is 1. The molecule has 0 atom stereocenters. The predicted molar refractivity (Wildman–Crippen MR) is 82.7 cm³/mol. The van der Waals surface area contributed by atoms with E-state index >= 15 is 0 Å². The van der Waals surface area contributed by atoms with Gasteiger partial charge in [0.15, 0.2) is 6.61 Å². The van der Waals surface area contributed by atoms with Crippen molar-refractivity contribution in [2.75, 3.05) is 11.9 Å². The Morgan fingerprint density at radius 2 is 2.10 bits per heavy atom. The summed E-state index contributed by atoms with van der Waals surface area (Å²) >= 11 is 6.05. The molecule has 0 spiro atoms. The highest BCUT2D eigenvalue weighted by molar-refractivity contribution is 6.33. The number of aliphatic hydroxyl groups excluding tert-OH is 1. The summed E-state index contributed by atoms with van der Waals surface area (Å²) in [5.74, 6) is 0.238. The van der Waals surface area contributed by atoms with Gasteiger partial charge in [-0.3, -0.25) is 4.79 Å². The summed E-state index contributed by atoms with van der Waals surface area (Å²) in [5.41, 5.74) is 2.31. The molecule has 2 aromatic carbocycles. The van der Waals surface area contributed by atoms with Crippen molar-refractivity contribution in [3.05, 3.63) is 58.6 Å². The Morgan fingerprint density at radius 1 is 1.29 bits per heavy atom. The summed E-state index contributed by atoms with van der Waals surface area (Å²) in [7, 11) is 0. The van der Waals surface area contributed by atoms with Gasteiger partial charge in [-0.2, -0.15) is 0 Å². The van der Waals surface area contributed by atoms with E-state index in [-0.39, 0.29) is 19.1 Å². The third-order valence-corrected chi connectivity index (χ3v) is 3.16. The summed E-state index contributed by atoms with van der Waals surface area (Å²) in [6.07, 6.45) is 0. The van der Waals surface area contributed by atoms with Gasteiger partial charge in [-0.15, -0.1) is 0 Å². The second-order valence-corrected chi connectivity index (χ2v) is 5.03. The first kappa shape index (κ1) is 15.4. The van der Waals surface area contributed by atoms with E-state index in [1.807, 2.05) is 13.0 Å². The third-order valence-electron chi connectivity index (χ3n) is 2.85. The second kappa shape index (κ2) is 7.11. The summed E-state index contributed by atoms with van der Waals surface area (Å²) < 4.78 is 5.38. The number of aliphatic hydroxyl groups is 1. The zero-order valence-corrected chi connectivity index (χ0v) is 12.4. The van der Waals surface area contributed by atoms with E-state index in [2.05, 4.69) is 5.32 Å². The SMILES string of the molecule is Cc1ccc(NC(=O)COc2cccc(CO)c2)c(Cl)c1. The lowest BCUT2D eigenvalue weighted by atomic mass is 10.2. The number of hydrogen-bond acceptors (Lipinski definition) is 3. The average Bonchev–Trinajstić information content (AvgIpc) is 2.48. The fourth-order valence-electron chi connectivity index (χ4n) is 1.79. The molecule has 2 N–H and O–H groups in total. The van der Waals surface area contributed by atoms with Crippen LogP contribution in [0.3, 0.4) is 0 Å². The molecule has 0 aliphatic carbocycles. The Hall–Kier alpha value is -2.04. The monoisotopic (exact) mass is 305 g/mol. The van der Waals surface area contributed by atoms with Gasteiger partial charge < -0.3 is 15.2 Å². The van der Waals surface area contributed by atoms with Crippen molar-refractivity contribution >= 4 is 23.2 Å². The van der Waals surface area contributed by atoms with Crippen LogP contribution in [-0.2, 0) is 11.4 Å². The largest absolute Gasteiger partial charge is 0.484 e. The van der Waals surface area contributed by atoms with E-state index in [1.165, 1.54) is 0 Å². The maximum absolute atomic E-state index is 11.8. The van der Waals surface area contributed by atoms with Gasteiger partial charge in [-0.25, -0.2) is 0 Å². The number of benzene rings is 2. The van der Waals surface area contributed by atoms with Crippen LogP contribution in [-0.4, -0.2) is 17.6 Å². The number of nitrogens with one attached hydrogen (secondary N) is 1. The van der Waals surface area contributed by atoms with Crippen LogP contribution in [0, 0.1) is 6.92 Å². The number of carbonyl (C=O) groups is 1. The van der Waals surface area contributed by atoms with Crippen LogP contribution in [0.1, 0.15) is 11.1 Å². The Bertz CT molecular complexity index is 643. The molecule has 0 bridgehead atoms. The summed E-state index contributed by atoms with van der Waals surface area (Å²) in [6, 6.07) is 12.4. The zero-order valence-electron chi connectivity index (χ0n) is 11.6. The molecule has 0 saturated heterocycles. The summed E-state index contributed by atoms with van der Waals surface area (Å²) in [6.45, 7) is 1.73. The van der Waals surface area contributed by atoms with Crippen molar-refractivity contribution in [3.63, 3.8) is 0 Å². The lowest BCUT2D eigenvalue weighted by molar-refractivity contribution is -0.118. The van der Waals surface area contributed by atoms with E-state index in [0.717, 1.165) is 11.1 Å². The smallest absolute Gasteiger partial charge is 0.262 e. The molecule has 110 valence electrons. The van der Waals surface area contributed by atoms with Crippen LogP contribution in [0.5, 0.6) is 5.75 Å². The molecule has 0 aromatic heterocycles. The first-order valence-electron chi connectivity index (χ1n) is 6.47. The van der Waals surface area contributed by atoms with Crippen LogP contribution >= 0.6 is 11.6 Å². The minimum absolute atomic E-state index is 0.0671. The highest BCUT2D eigenvalue weighted by atomic mass is 35.5. The minimum Gasteiger partial charge on any atom is -0.484 e. The lowest BCUT2D eigenvalue weighted by Gasteiger charge is -2.09. The van der Waals surface area contributed by atoms with Crippen LogP contribution < -0.4 is 10.1 Å². The second-order valence-electron chi connectivity index (χ2n) is 4.63. The molecule has 0 aliphatic rings. The summed E-state index contributed by atoms with van der Waals surface area (Å²) in [5, 5.41) is 12.2. The van der Waals surface area contributed by atoms with Crippen molar-refractivity contribution in [1.29, 1.82) is 0 Å². The van der Waals surface area contributed by atoms with Gasteiger partial charge in [0, 0.05) is 0 Å². The topological polar surface area (TPSA) is 58.6 Å². The third kappa shape index (κ3) is 4.48. The van der Waals surface area contributed by atoms with Gasteiger partial charge in [-0.05, 0) is 42.3 Å². The van der Waals surface area contributed by atoms with E-state index in [1.54, 1.807) is 36.4 Å². The molecule has 1 amide bonds. The minimum atomic E-state index is -0.296. The van der Waals surface area contributed by atoms with Crippen molar-refractivity contribution < 1.29 is 14.6 Å². The molecule has 2 rings (SSSR count). The Morgan fingerprint density at radius 3 is 2.81 bits per heavy atom. The number of hydrogen-bond donors (Lipinski definition) is 2. The van der Waals surface area contributed by atoms with Gasteiger partial charge in [0.25, 0.3) is 5.91 Å². The molecule has 0 radical (unpaired) electrons. The van der Waals surface area contributed by atoms with Gasteiger partial charge in [-0.1, -0.05) is 29.8 Å². The molecule has 0 unspecified atom stereocenters. The average molecular weight is 306 g/mol. The van der Waals surface area contributed by atoms with Crippen LogP contribution in [0.25, 0.3) is 0 Å². The molecule has 5 heteroatoms. The molecule has 2 aromatic rings. The van der Waals surface area contributed by atoms with E-state index in [4.69, 9.17) is 21.4 Å². The maximum atomic E-state index is 11.8. The lowest BCUT2D eigenvalue weighted by Crippen LogP contribution is -2.20. The van der Waals surface area contributed by atoms with E-state index in [0.29, 0.717) is 16.5 Å². The number of carbonyl (C=O) groups excluding carboxylic acids is 1. The quantitative estimate of drug-likeness (QED) is 0.892. The first-order chi connectivity index (χ1) is 10.1. The molecular weight excluding hydrogens is 290 g/mol. The van der Waals surface area contributed by atoms with E-state index in [9.17, 15) is 4.79 Å². The summed E-state index contributed by atoms with van der Waals surface area (Å²) in [4.78, 5) is 11.8. The number of anilines is 1. The molecule has 0 saturated carbocycles. The number of amides is 1. The molecule has 4 nitrogen and oxygen atoms in total. The van der Waals surface area contributed by atoms with Crippen molar-refractivity contribution in [2.45, 2.75) is 13.5 Å². The number of ether oxygens (including phenoxy) is 1. The van der Waals surface area contributed by atoms with Crippen molar-refractivity contribution in [2.24, 2.45) is 0 Å². The van der Waals surface area contributed by atoms with Crippen molar-refractivity contribution in [1.82, 2.24) is 0 Å². The van der Waals surface area contributed by atoms with Gasteiger partial charge in [0.1, 0.15) is 5.75 Å². The zero-order chi connectivity index (χ0) is 15.2. The van der Waals surface area contributed by atoms with Gasteiger partial charge >= 0.3 is 0 Å². The van der Waals surface area contributed by atoms with Crippen molar-refractivity contribution in [3.8, 4) is 5.75 Å². The highest BCUT2D eigenvalue weighted by Crippen LogP contribution is 2.22. The Labute approximate surface area is 128 Å². The Balaban J connectivity index is 1.92. The van der Waals surface area contributed by atoms with Gasteiger partial charge in [0.05, 0.1) is 17.3 Å². The molecular formula is C16H16ClNO3. The fourth-order valence-corrected chi connectivity index (χ4v) is 2.07. The fraction of sp³-hybridized carbons (Fsp3) is 0.188. The normalized spacial score (nSPS) is 10.2. The molecule has 21 heavy (non-hydrogen) atoms.